The van der Waals surface area contributed by atoms with Crippen LogP contribution >= 0.6 is 11.6 Å². The molecule has 6 heteroatoms. The minimum atomic E-state index is -0.607. The van der Waals surface area contributed by atoms with Crippen molar-refractivity contribution in [3.05, 3.63) is 58.6 Å². The van der Waals surface area contributed by atoms with Crippen LogP contribution < -0.4 is 10.6 Å². The summed E-state index contributed by atoms with van der Waals surface area (Å²) in [6.07, 6.45) is 0. The molecule has 0 aromatic heterocycles. The Morgan fingerprint density at radius 2 is 1.95 bits per heavy atom. The third-order valence-electron chi connectivity index (χ3n) is 2.80. The lowest BCUT2D eigenvalue weighted by Crippen LogP contribution is -2.22. The van der Waals surface area contributed by atoms with Gasteiger partial charge in [-0.1, -0.05) is 17.7 Å². The fourth-order valence-electron chi connectivity index (χ4n) is 1.73. The lowest BCUT2D eigenvalue weighted by atomic mass is 10.2. The van der Waals surface area contributed by atoms with E-state index in [9.17, 15) is 13.6 Å². The molecule has 21 heavy (non-hydrogen) atoms. The van der Waals surface area contributed by atoms with E-state index < -0.39 is 17.5 Å². The molecule has 0 aliphatic rings. The molecule has 0 atom stereocenters. The van der Waals surface area contributed by atoms with Crippen LogP contribution in [0.1, 0.15) is 5.56 Å². The van der Waals surface area contributed by atoms with E-state index in [1.165, 1.54) is 6.92 Å². The van der Waals surface area contributed by atoms with E-state index in [4.69, 9.17) is 11.6 Å². The number of hydrogen-bond donors (Lipinski definition) is 2. The molecule has 2 rings (SSSR count). The first-order chi connectivity index (χ1) is 9.95. The summed E-state index contributed by atoms with van der Waals surface area (Å²) < 4.78 is 26.9. The van der Waals surface area contributed by atoms with Gasteiger partial charge in [0.05, 0.1) is 12.2 Å². The van der Waals surface area contributed by atoms with Crippen molar-refractivity contribution in [2.75, 3.05) is 17.2 Å². The number of rotatable bonds is 4. The molecule has 2 aromatic carbocycles. The molecule has 110 valence electrons. The van der Waals surface area contributed by atoms with E-state index in [1.807, 2.05) is 0 Å². The van der Waals surface area contributed by atoms with Crippen molar-refractivity contribution >= 4 is 28.9 Å². The van der Waals surface area contributed by atoms with Crippen LogP contribution in [0.25, 0.3) is 0 Å². The number of nitrogens with one attached hydrogen (secondary N) is 2. The van der Waals surface area contributed by atoms with Crippen molar-refractivity contribution in [1.82, 2.24) is 0 Å². The molecule has 0 saturated carbocycles. The van der Waals surface area contributed by atoms with Crippen LogP contribution in [0.4, 0.5) is 20.2 Å². The summed E-state index contributed by atoms with van der Waals surface area (Å²) in [6, 6.07) is 8.74. The Labute approximate surface area is 125 Å². The van der Waals surface area contributed by atoms with Gasteiger partial charge in [0.1, 0.15) is 11.6 Å². The van der Waals surface area contributed by atoms with Crippen LogP contribution in [-0.4, -0.2) is 12.5 Å². The van der Waals surface area contributed by atoms with E-state index in [0.29, 0.717) is 10.7 Å². The SMILES string of the molecule is Cc1cc(F)c(NCC(=O)Nc2cccc(Cl)c2)cc1F. The number of carbonyl (C=O) groups is 1. The number of carbonyl (C=O) groups excluding carboxylic acids is 1. The fourth-order valence-corrected chi connectivity index (χ4v) is 1.92. The predicted molar refractivity (Wildman–Crippen MR) is 79.7 cm³/mol. The maximum atomic E-state index is 13.6. The van der Waals surface area contributed by atoms with Gasteiger partial charge in [-0.3, -0.25) is 4.79 Å². The van der Waals surface area contributed by atoms with Gasteiger partial charge in [0.25, 0.3) is 0 Å². The lowest BCUT2D eigenvalue weighted by Gasteiger charge is -2.10. The largest absolute Gasteiger partial charge is 0.374 e. The number of halogens is 3. The molecular weight excluding hydrogens is 298 g/mol. The second-order valence-corrected chi connectivity index (χ2v) is 4.93. The third kappa shape index (κ3) is 4.16. The quantitative estimate of drug-likeness (QED) is 0.897. The molecule has 3 nitrogen and oxygen atoms in total. The lowest BCUT2D eigenvalue weighted by molar-refractivity contribution is -0.114. The zero-order valence-corrected chi connectivity index (χ0v) is 12.0. The highest BCUT2D eigenvalue weighted by Crippen LogP contribution is 2.19. The van der Waals surface area contributed by atoms with Crippen LogP contribution in [-0.2, 0) is 4.79 Å². The van der Waals surface area contributed by atoms with Crippen LogP contribution in [0.2, 0.25) is 5.02 Å². The van der Waals surface area contributed by atoms with Gasteiger partial charge in [-0.05, 0) is 36.8 Å². The van der Waals surface area contributed by atoms with Gasteiger partial charge in [-0.25, -0.2) is 8.78 Å². The molecule has 0 saturated heterocycles. The molecule has 0 heterocycles. The molecule has 2 aromatic rings. The first kappa shape index (κ1) is 15.3. The highest BCUT2D eigenvalue weighted by Gasteiger charge is 2.09. The standard InChI is InChI=1S/C15H13ClF2N2O/c1-9-5-13(18)14(7-12(9)17)19-8-15(21)20-11-4-2-3-10(16)6-11/h2-7,19H,8H2,1H3,(H,20,21). The number of amides is 1. The Balaban J connectivity index is 1.97. The van der Waals surface area contributed by atoms with Gasteiger partial charge >= 0.3 is 0 Å². The monoisotopic (exact) mass is 310 g/mol. The Morgan fingerprint density at radius 3 is 2.67 bits per heavy atom. The minimum absolute atomic E-state index is 0.0562. The minimum Gasteiger partial charge on any atom is -0.374 e. The van der Waals surface area contributed by atoms with Crippen molar-refractivity contribution in [2.45, 2.75) is 6.92 Å². The van der Waals surface area contributed by atoms with Crippen molar-refractivity contribution < 1.29 is 13.6 Å². The van der Waals surface area contributed by atoms with Crippen LogP contribution in [0.3, 0.4) is 0 Å². The van der Waals surface area contributed by atoms with E-state index in [0.717, 1.165) is 12.1 Å². The van der Waals surface area contributed by atoms with Crippen LogP contribution in [0, 0.1) is 18.6 Å². The first-order valence-corrected chi connectivity index (χ1v) is 6.58. The van der Waals surface area contributed by atoms with Crippen molar-refractivity contribution in [1.29, 1.82) is 0 Å². The summed E-state index contributed by atoms with van der Waals surface area (Å²) in [5.41, 5.74) is 0.686. The summed E-state index contributed by atoms with van der Waals surface area (Å²) in [7, 11) is 0. The van der Waals surface area contributed by atoms with Gasteiger partial charge in [-0.15, -0.1) is 0 Å². The van der Waals surface area contributed by atoms with Gasteiger partial charge < -0.3 is 10.6 Å². The summed E-state index contributed by atoms with van der Waals surface area (Å²) >= 11 is 5.80. The average Bonchev–Trinajstić information content (AvgIpc) is 2.41. The molecule has 0 bridgehead atoms. The maximum Gasteiger partial charge on any atom is 0.243 e. The molecule has 2 N–H and O–H groups in total. The Morgan fingerprint density at radius 1 is 1.19 bits per heavy atom. The summed E-state index contributed by atoms with van der Waals surface area (Å²) in [5.74, 6) is -1.53. The first-order valence-electron chi connectivity index (χ1n) is 6.20. The smallest absolute Gasteiger partial charge is 0.243 e. The molecule has 0 spiro atoms. The van der Waals surface area contributed by atoms with E-state index in [1.54, 1.807) is 24.3 Å². The van der Waals surface area contributed by atoms with Gasteiger partial charge in [0.15, 0.2) is 0 Å². The number of hydrogen-bond acceptors (Lipinski definition) is 2. The molecule has 0 aliphatic heterocycles. The summed E-state index contributed by atoms with van der Waals surface area (Å²) in [5, 5.41) is 5.64. The Bertz CT molecular complexity index is 677. The second kappa shape index (κ2) is 6.54. The topological polar surface area (TPSA) is 41.1 Å². The fraction of sp³-hybridized carbons (Fsp3) is 0.133. The Kier molecular flexibility index (Phi) is 4.75. The molecule has 0 fully saturated rings. The molecule has 1 amide bonds. The zero-order valence-electron chi connectivity index (χ0n) is 11.2. The average molecular weight is 311 g/mol. The normalized spacial score (nSPS) is 10.3. The number of aryl methyl sites for hydroxylation is 1. The van der Waals surface area contributed by atoms with Crippen LogP contribution in [0.5, 0.6) is 0 Å². The zero-order chi connectivity index (χ0) is 15.4. The molecule has 0 unspecified atom stereocenters. The predicted octanol–water partition coefficient (Wildman–Crippen LogP) is 3.98. The van der Waals surface area contributed by atoms with Gasteiger partial charge in [0, 0.05) is 16.8 Å². The molecular formula is C15H13ClF2N2O. The van der Waals surface area contributed by atoms with E-state index in [2.05, 4.69) is 10.6 Å². The summed E-state index contributed by atoms with van der Waals surface area (Å²) in [6.45, 7) is 1.28. The summed E-state index contributed by atoms with van der Waals surface area (Å²) in [4.78, 5) is 11.7. The molecule has 0 radical (unpaired) electrons. The van der Waals surface area contributed by atoms with E-state index in [-0.39, 0.29) is 17.8 Å². The van der Waals surface area contributed by atoms with Gasteiger partial charge in [-0.2, -0.15) is 0 Å². The van der Waals surface area contributed by atoms with Gasteiger partial charge in [0.2, 0.25) is 5.91 Å². The van der Waals surface area contributed by atoms with Crippen molar-refractivity contribution in [3.63, 3.8) is 0 Å². The number of benzene rings is 2. The van der Waals surface area contributed by atoms with Crippen LogP contribution in [0.15, 0.2) is 36.4 Å². The third-order valence-corrected chi connectivity index (χ3v) is 3.03. The van der Waals surface area contributed by atoms with Crippen molar-refractivity contribution in [3.8, 4) is 0 Å². The maximum absolute atomic E-state index is 13.6. The Hall–Kier alpha value is -2.14. The van der Waals surface area contributed by atoms with Crippen molar-refractivity contribution in [2.24, 2.45) is 0 Å². The highest BCUT2D eigenvalue weighted by molar-refractivity contribution is 6.30. The van der Waals surface area contributed by atoms with E-state index >= 15 is 0 Å². The highest BCUT2D eigenvalue weighted by atomic mass is 35.5. The number of anilines is 2. The second-order valence-electron chi connectivity index (χ2n) is 4.49. The molecule has 0 aliphatic carbocycles.